The number of para-hydroxylation sites is 1. The Balaban J connectivity index is 1.22. The van der Waals surface area contributed by atoms with Crippen molar-refractivity contribution in [2.24, 2.45) is 0 Å². The number of benzene rings is 1. The van der Waals surface area contributed by atoms with Gasteiger partial charge in [0.1, 0.15) is 16.6 Å². The summed E-state index contributed by atoms with van der Waals surface area (Å²) in [7, 11) is -4.65. The van der Waals surface area contributed by atoms with Gasteiger partial charge in [0.2, 0.25) is 5.13 Å². The summed E-state index contributed by atoms with van der Waals surface area (Å²) in [5.74, 6) is -3.61. The van der Waals surface area contributed by atoms with Gasteiger partial charge in [-0.1, -0.05) is 36.0 Å². The molecule has 4 aromatic rings. The molecule has 4 N–H and O–H groups in total. The zero-order chi connectivity index (χ0) is 34.3. The van der Waals surface area contributed by atoms with Crippen LogP contribution in [0.25, 0.3) is 0 Å². The second-order valence-electron chi connectivity index (χ2n) is 10.5. The van der Waals surface area contributed by atoms with Crippen LogP contribution in [0.5, 0.6) is 11.5 Å². The van der Waals surface area contributed by atoms with E-state index in [0.29, 0.717) is 28.3 Å². The lowest BCUT2D eigenvalue weighted by Crippen LogP contribution is -2.45. The molecular formula is C29H28N6O10S3. The van der Waals surface area contributed by atoms with Crippen molar-refractivity contribution in [2.45, 2.75) is 47.1 Å². The molecule has 16 nitrogen and oxygen atoms in total. The van der Waals surface area contributed by atoms with Crippen molar-refractivity contribution in [1.29, 1.82) is 0 Å². The number of aliphatic carboxylic acids is 2. The molecule has 19 heteroatoms. The molecule has 1 aliphatic rings. The maximum absolute atomic E-state index is 12.7. The lowest BCUT2D eigenvalue weighted by atomic mass is 9.96. The maximum Gasteiger partial charge on any atom is 0.387 e. The second kappa shape index (κ2) is 15.0. The van der Waals surface area contributed by atoms with Crippen LogP contribution >= 0.6 is 23.3 Å². The fourth-order valence-electron chi connectivity index (χ4n) is 4.59. The number of anilines is 2. The summed E-state index contributed by atoms with van der Waals surface area (Å²) in [6.45, 7) is -0.126. The van der Waals surface area contributed by atoms with Gasteiger partial charge in [0.05, 0.1) is 12.8 Å². The van der Waals surface area contributed by atoms with Crippen LogP contribution in [0.15, 0.2) is 76.9 Å². The van der Waals surface area contributed by atoms with Gasteiger partial charge in [0, 0.05) is 53.9 Å². The number of carboxylic acid groups (broad SMARTS) is 2. The summed E-state index contributed by atoms with van der Waals surface area (Å²) in [5, 5.41) is 32.4. The monoisotopic (exact) mass is 716 g/mol. The topological polar surface area (TPSA) is 231 Å². The molecule has 1 aromatic carbocycles. The minimum atomic E-state index is -4.65. The van der Waals surface area contributed by atoms with Gasteiger partial charge >= 0.3 is 28.2 Å². The van der Waals surface area contributed by atoms with E-state index in [1.54, 1.807) is 12.4 Å². The largest absolute Gasteiger partial charge is 0.481 e. The quantitative estimate of drug-likeness (QED) is 0.146. The molecular weight excluding hydrogens is 689 g/mol. The van der Waals surface area contributed by atoms with Crippen LogP contribution < -0.4 is 10.1 Å². The van der Waals surface area contributed by atoms with Crippen LogP contribution in [0.1, 0.15) is 37.4 Å². The summed E-state index contributed by atoms with van der Waals surface area (Å²) in [5.41, 5.74) is -3.03. The molecule has 3 aromatic heterocycles. The number of nitrogens with zero attached hydrogens (tertiary/aromatic N) is 5. The van der Waals surface area contributed by atoms with Crippen LogP contribution in [-0.4, -0.2) is 84.0 Å². The highest BCUT2D eigenvalue weighted by Crippen LogP contribution is 2.37. The normalized spacial score (nSPS) is 15.3. The van der Waals surface area contributed by atoms with Gasteiger partial charge in [-0.3, -0.25) is 9.59 Å². The number of aromatic nitrogens is 4. The molecule has 0 aliphatic carbocycles. The highest BCUT2D eigenvalue weighted by molar-refractivity contribution is 7.99. The van der Waals surface area contributed by atoms with Gasteiger partial charge in [-0.15, -0.1) is 0 Å². The molecule has 1 fully saturated rings. The fraction of sp³-hybridized carbons (Fsp3) is 0.276. The smallest absolute Gasteiger partial charge is 0.387 e. The van der Waals surface area contributed by atoms with E-state index in [2.05, 4.69) is 28.8 Å². The van der Waals surface area contributed by atoms with Crippen molar-refractivity contribution in [3.63, 3.8) is 0 Å². The number of hydrogen-bond donors (Lipinski definition) is 4. The molecule has 48 heavy (non-hydrogen) atoms. The number of pyridine rings is 2. The maximum atomic E-state index is 12.7. The Bertz CT molecular complexity index is 1870. The first-order valence-corrected chi connectivity index (χ1v) is 17.2. The predicted octanol–water partition coefficient (Wildman–Crippen LogP) is 3.66. The number of aliphatic hydroxyl groups is 1. The molecule has 5 rings (SSSR count). The molecule has 1 saturated heterocycles. The molecule has 252 valence electrons. The first kappa shape index (κ1) is 34.6. The van der Waals surface area contributed by atoms with Gasteiger partial charge in [-0.25, -0.2) is 19.7 Å². The van der Waals surface area contributed by atoms with Gasteiger partial charge in [0.25, 0.3) is 0 Å². The van der Waals surface area contributed by atoms with Crippen LogP contribution in [0, 0.1) is 0 Å². The van der Waals surface area contributed by atoms with Crippen molar-refractivity contribution in [3.8, 4) is 11.5 Å². The Kier molecular flexibility index (Phi) is 10.8. The first-order chi connectivity index (χ1) is 22.9. The Morgan fingerprint density at radius 1 is 1.04 bits per heavy atom. The van der Waals surface area contributed by atoms with Crippen molar-refractivity contribution in [2.75, 3.05) is 18.4 Å². The Morgan fingerprint density at radius 3 is 2.44 bits per heavy atom. The van der Waals surface area contributed by atoms with E-state index in [0.717, 1.165) is 25.8 Å². The molecule has 0 spiro atoms. The summed E-state index contributed by atoms with van der Waals surface area (Å²) >= 11 is 2.51. The SMILES string of the molecule is O=C(O)CC(O)(CC(=O)OS(=O)(=O)N1CCC(c2nsc(Nc3ncc(Sc4ccccn4)cc3Oc3ccccc3)n2)CC1)C(=O)O. The third-order valence-corrected chi connectivity index (χ3v) is 9.89. The number of rotatable bonds is 14. The Hall–Kier alpha value is -4.69. The van der Waals surface area contributed by atoms with Gasteiger partial charge in [-0.05, 0) is 37.1 Å². The highest BCUT2D eigenvalue weighted by atomic mass is 32.2. The van der Waals surface area contributed by atoms with Crippen molar-refractivity contribution in [3.05, 3.63) is 72.8 Å². The van der Waals surface area contributed by atoms with E-state index in [-0.39, 0.29) is 31.8 Å². The zero-order valence-electron chi connectivity index (χ0n) is 24.8. The third-order valence-electron chi connectivity index (χ3n) is 6.94. The molecule has 0 radical (unpaired) electrons. The minimum Gasteiger partial charge on any atom is -0.481 e. The molecule has 0 saturated carbocycles. The summed E-state index contributed by atoms with van der Waals surface area (Å²) in [6.07, 6.45) is 1.25. The average Bonchev–Trinajstić information content (AvgIpc) is 3.51. The van der Waals surface area contributed by atoms with Crippen LogP contribution in [0.2, 0.25) is 0 Å². The van der Waals surface area contributed by atoms with E-state index in [4.69, 9.17) is 14.9 Å². The summed E-state index contributed by atoms with van der Waals surface area (Å²) in [6, 6.07) is 16.6. The number of piperidine rings is 1. The van der Waals surface area contributed by atoms with Crippen molar-refractivity contribution in [1.82, 2.24) is 23.6 Å². The fourth-order valence-corrected chi connectivity index (χ4v) is 7.07. The lowest BCUT2D eigenvalue weighted by molar-refractivity contribution is -0.169. The number of carbonyl (C=O) groups is 3. The molecule has 1 aliphatic heterocycles. The zero-order valence-corrected chi connectivity index (χ0v) is 27.3. The Morgan fingerprint density at radius 2 is 1.77 bits per heavy atom. The van der Waals surface area contributed by atoms with E-state index in [1.165, 1.54) is 11.8 Å². The summed E-state index contributed by atoms with van der Waals surface area (Å²) < 4.78 is 41.3. The molecule has 1 atom stereocenters. The van der Waals surface area contributed by atoms with Crippen molar-refractivity contribution < 1.29 is 47.0 Å². The average molecular weight is 717 g/mol. The number of hydrogen-bond acceptors (Lipinski definition) is 15. The first-order valence-electron chi connectivity index (χ1n) is 14.2. The standard InChI is InChI=1S/C29H28N6O10S3/c36-23(37)15-29(41,27(39)40)16-24(38)45-48(42,43)35-12-9-18(10-13-35)25-32-28(47-34-25)33-26-21(44-19-6-2-1-3-7-19)14-20(17-31-26)46-22-8-4-5-11-30-22/h1-8,11,14,17-18,41H,9-10,12-13,15-16H2,(H,36,37)(H,39,40)(H,31,32,33,34). The predicted molar refractivity (Wildman–Crippen MR) is 170 cm³/mol. The number of nitrogens with one attached hydrogen (secondary N) is 1. The van der Waals surface area contributed by atoms with E-state index >= 15 is 0 Å². The minimum absolute atomic E-state index is 0.0629. The number of carbonyl (C=O) groups excluding carboxylic acids is 1. The second-order valence-corrected chi connectivity index (χ2v) is 13.8. The Labute approximate surface area is 282 Å². The van der Waals surface area contributed by atoms with Gasteiger partial charge in [-0.2, -0.15) is 17.1 Å². The molecule has 1 unspecified atom stereocenters. The van der Waals surface area contributed by atoms with E-state index in [1.807, 2.05) is 54.6 Å². The molecule has 0 amide bonds. The molecule has 4 heterocycles. The van der Waals surface area contributed by atoms with Gasteiger partial charge < -0.3 is 29.6 Å². The number of carboxylic acids is 2. The van der Waals surface area contributed by atoms with Crippen LogP contribution in [0.4, 0.5) is 10.9 Å². The van der Waals surface area contributed by atoms with E-state index < -0.39 is 46.7 Å². The summed E-state index contributed by atoms with van der Waals surface area (Å²) in [4.78, 5) is 48.7. The van der Waals surface area contributed by atoms with E-state index in [9.17, 15) is 27.9 Å². The lowest BCUT2D eigenvalue weighted by Gasteiger charge is -2.29. The van der Waals surface area contributed by atoms with Crippen LogP contribution in [-0.2, 0) is 28.9 Å². The van der Waals surface area contributed by atoms with Crippen molar-refractivity contribution >= 4 is 62.5 Å². The molecule has 0 bridgehead atoms. The van der Waals surface area contributed by atoms with Gasteiger partial charge in [0.15, 0.2) is 17.2 Å². The van der Waals surface area contributed by atoms with Crippen LogP contribution in [0.3, 0.4) is 0 Å². The third kappa shape index (κ3) is 9.01. The highest BCUT2D eigenvalue weighted by Gasteiger charge is 2.43. The number of ether oxygens (including phenoxy) is 1.